The van der Waals surface area contributed by atoms with E-state index in [0.29, 0.717) is 0 Å². The third-order valence-corrected chi connectivity index (χ3v) is 4.01. The van der Waals surface area contributed by atoms with Crippen molar-refractivity contribution in [2.45, 2.75) is 18.9 Å². The summed E-state index contributed by atoms with van der Waals surface area (Å²) in [5.74, 6) is 1.66. The SMILES string of the molecule is COc1cccc(OC)c1-c1cccc2c1CC[C@H]2N. The average molecular weight is 269 g/mol. The van der Waals surface area contributed by atoms with Crippen LogP contribution in [0.25, 0.3) is 11.1 Å². The van der Waals surface area contributed by atoms with E-state index in [9.17, 15) is 0 Å². The van der Waals surface area contributed by atoms with Gasteiger partial charge in [0.2, 0.25) is 0 Å². The lowest BCUT2D eigenvalue weighted by Gasteiger charge is -2.16. The van der Waals surface area contributed by atoms with Crippen molar-refractivity contribution in [2.24, 2.45) is 5.73 Å². The van der Waals surface area contributed by atoms with Crippen molar-refractivity contribution in [1.82, 2.24) is 0 Å². The fraction of sp³-hybridized carbons (Fsp3) is 0.294. The summed E-state index contributed by atoms with van der Waals surface area (Å²) in [7, 11) is 3.38. The Labute approximate surface area is 119 Å². The number of benzene rings is 2. The Hall–Kier alpha value is -2.00. The molecule has 0 fully saturated rings. The molecule has 0 aliphatic heterocycles. The topological polar surface area (TPSA) is 44.5 Å². The molecule has 3 nitrogen and oxygen atoms in total. The summed E-state index contributed by atoms with van der Waals surface area (Å²) in [6.45, 7) is 0. The third-order valence-electron chi connectivity index (χ3n) is 4.01. The highest BCUT2D eigenvalue weighted by Gasteiger charge is 2.24. The summed E-state index contributed by atoms with van der Waals surface area (Å²) in [6, 6.07) is 12.3. The van der Waals surface area contributed by atoms with Crippen LogP contribution < -0.4 is 15.2 Å². The first-order valence-corrected chi connectivity index (χ1v) is 6.85. The van der Waals surface area contributed by atoms with E-state index < -0.39 is 0 Å². The minimum atomic E-state index is 0.144. The van der Waals surface area contributed by atoms with Gasteiger partial charge in [0.1, 0.15) is 11.5 Å². The monoisotopic (exact) mass is 269 g/mol. The van der Waals surface area contributed by atoms with Gasteiger partial charge in [-0.15, -0.1) is 0 Å². The van der Waals surface area contributed by atoms with Crippen LogP contribution in [0.1, 0.15) is 23.6 Å². The summed E-state index contributed by atoms with van der Waals surface area (Å²) < 4.78 is 11.0. The maximum Gasteiger partial charge on any atom is 0.130 e. The van der Waals surface area contributed by atoms with Crippen molar-refractivity contribution in [3.8, 4) is 22.6 Å². The minimum absolute atomic E-state index is 0.144. The number of ether oxygens (including phenoxy) is 2. The number of nitrogens with two attached hydrogens (primary N) is 1. The van der Waals surface area contributed by atoms with Gasteiger partial charge in [0, 0.05) is 6.04 Å². The maximum absolute atomic E-state index is 6.17. The van der Waals surface area contributed by atoms with Crippen LogP contribution in [0.4, 0.5) is 0 Å². The molecule has 0 amide bonds. The van der Waals surface area contributed by atoms with Gasteiger partial charge in [0.05, 0.1) is 19.8 Å². The molecule has 0 bridgehead atoms. The van der Waals surface area contributed by atoms with Crippen molar-refractivity contribution in [3.63, 3.8) is 0 Å². The lowest BCUT2D eigenvalue weighted by molar-refractivity contribution is 0.397. The van der Waals surface area contributed by atoms with Crippen LogP contribution in [0.15, 0.2) is 36.4 Å². The van der Waals surface area contributed by atoms with Crippen LogP contribution in [0, 0.1) is 0 Å². The number of rotatable bonds is 3. The van der Waals surface area contributed by atoms with E-state index in [-0.39, 0.29) is 6.04 Å². The number of methoxy groups -OCH3 is 2. The van der Waals surface area contributed by atoms with Crippen LogP contribution >= 0.6 is 0 Å². The number of fused-ring (bicyclic) bond motifs is 1. The predicted molar refractivity (Wildman–Crippen MR) is 80.2 cm³/mol. The van der Waals surface area contributed by atoms with Crippen LogP contribution in [0.2, 0.25) is 0 Å². The molecule has 3 heteroatoms. The maximum atomic E-state index is 6.17. The van der Waals surface area contributed by atoms with Crippen LogP contribution in [-0.4, -0.2) is 14.2 Å². The lowest BCUT2D eigenvalue weighted by Crippen LogP contribution is -2.05. The molecule has 0 saturated heterocycles. The number of hydrogen-bond acceptors (Lipinski definition) is 3. The van der Waals surface area contributed by atoms with Crippen LogP contribution in [0.5, 0.6) is 11.5 Å². The first-order valence-electron chi connectivity index (χ1n) is 6.85. The molecule has 0 heterocycles. The van der Waals surface area contributed by atoms with E-state index in [4.69, 9.17) is 15.2 Å². The summed E-state index contributed by atoms with van der Waals surface area (Å²) >= 11 is 0. The fourth-order valence-corrected chi connectivity index (χ4v) is 3.04. The zero-order valence-corrected chi connectivity index (χ0v) is 11.8. The molecule has 1 aliphatic rings. The first kappa shape index (κ1) is 13.0. The van der Waals surface area contributed by atoms with Gasteiger partial charge in [0.15, 0.2) is 0 Å². The largest absolute Gasteiger partial charge is 0.496 e. The molecule has 0 aromatic heterocycles. The van der Waals surface area contributed by atoms with Crippen molar-refractivity contribution in [3.05, 3.63) is 47.5 Å². The quantitative estimate of drug-likeness (QED) is 0.929. The second-order valence-corrected chi connectivity index (χ2v) is 5.06. The van der Waals surface area contributed by atoms with E-state index in [1.54, 1.807) is 14.2 Å². The summed E-state index contributed by atoms with van der Waals surface area (Å²) in [6.07, 6.45) is 2.01. The zero-order chi connectivity index (χ0) is 14.1. The summed E-state index contributed by atoms with van der Waals surface area (Å²) in [5, 5.41) is 0. The Bertz CT molecular complexity index is 615. The highest BCUT2D eigenvalue weighted by molar-refractivity contribution is 5.80. The van der Waals surface area contributed by atoms with Crippen LogP contribution in [0.3, 0.4) is 0 Å². The first-order chi connectivity index (χ1) is 9.76. The molecule has 1 aliphatic carbocycles. The Kier molecular flexibility index (Phi) is 3.36. The Morgan fingerprint density at radius 1 is 1.00 bits per heavy atom. The Morgan fingerprint density at radius 2 is 1.65 bits per heavy atom. The second kappa shape index (κ2) is 5.17. The van der Waals surface area contributed by atoms with Crippen molar-refractivity contribution < 1.29 is 9.47 Å². The van der Waals surface area contributed by atoms with E-state index in [1.807, 2.05) is 18.2 Å². The minimum Gasteiger partial charge on any atom is -0.496 e. The Balaban J connectivity index is 2.25. The molecule has 0 radical (unpaired) electrons. The van der Waals surface area contributed by atoms with Gasteiger partial charge in [-0.1, -0.05) is 24.3 Å². The molecule has 1 atom stereocenters. The highest BCUT2D eigenvalue weighted by atomic mass is 16.5. The number of hydrogen-bond donors (Lipinski definition) is 1. The zero-order valence-electron chi connectivity index (χ0n) is 11.8. The molecule has 2 N–H and O–H groups in total. The van der Waals surface area contributed by atoms with Gasteiger partial charge in [0.25, 0.3) is 0 Å². The molecule has 3 rings (SSSR count). The van der Waals surface area contributed by atoms with Crippen LogP contribution in [-0.2, 0) is 6.42 Å². The van der Waals surface area contributed by atoms with Crippen molar-refractivity contribution >= 4 is 0 Å². The molecule has 0 saturated carbocycles. The smallest absolute Gasteiger partial charge is 0.130 e. The molecule has 2 aromatic rings. The normalized spacial score (nSPS) is 16.9. The molecule has 0 spiro atoms. The Morgan fingerprint density at radius 3 is 2.30 bits per heavy atom. The van der Waals surface area contributed by atoms with Gasteiger partial charge in [-0.3, -0.25) is 0 Å². The van der Waals surface area contributed by atoms with E-state index in [0.717, 1.165) is 29.9 Å². The van der Waals surface area contributed by atoms with Gasteiger partial charge in [-0.05, 0) is 41.7 Å². The van der Waals surface area contributed by atoms with Gasteiger partial charge >= 0.3 is 0 Å². The molecule has 104 valence electrons. The van der Waals surface area contributed by atoms with E-state index >= 15 is 0 Å². The van der Waals surface area contributed by atoms with E-state index in [1.165, 1.54) is 16.7 Å². The predicted octanol–water partition coefficient (Wildman–Crippen LogP) is 3.32. The van der Waals surface area contributed by atoms with Gasteiger partial charge in [-0.2, -0.15) is 0 Å². The molecule has 20 heavy (non-hydrogen) atoms. The van der Waals surface area contributed by atoms with Gasteiger partial charge < -0.3 is 15.2 Å². The van der Waals surface area contributed by atoms with Crippen molar-refractivity contribution in [2.75, 3.05) is 14.2 Å². The summed E-state index contributed by atoms with van der Waals surface area (Å²) in [5.41, 5.74) is 10.9. The molecular weight excluding hydrogens is 250 g/mol. The average Bonchev–Trinajstić information content (AvgIpc) is 2.88. The highest BCUT2D eigenvalue weighted by Crippen LogP contribution is 2.44. The molecular formula is C17H19NO2. The molecule has 0 unspecified atom stereocenters. The second-order valence-electron chi connectivity index (χ2n) is 5.06. The third kappa shape index (κ3) is 1.95. The lowest BCUT2D eigenvalue weighted by atomic mass is 9.95. The molecule has 2 aromatic carbocycles. The van der Waals surface area contributed by atoms with E-state index in [2.05, 4.69) is 18.2 Å². The standard InChI is InChI=1S/C17H19NO2/c1-19-15-7-4-8-16(20-2)17(15)13-6-3-5-12-11(13)9-10-14(12)18/h3-8,14H,9-10,18H2,1-2H3/t14-/m1/s1. The van der Waals surface area contributed by atoms with Crippen molar-refractivity contribution in [1.29, 1.82) is 0 Å². The van der Waals surface area contributed by atoms with Gasteiger partial charge in [-0.25, -0.2) is 0 Å². The summed E-state index contributed by atoms with van der Waals surface area (Å²) in [4.78, 5) is 0. The fourth-order valence-electron chi connectivity index (χ4n) is 3.04.